The summed E-state index contributed by atoms with van der Waals surface area (Å²) in [4.78, 5) is 27.0. The molecular formula is C13H14N2O5. The van der Waals surface area contributed by atoms with Crippen LogP contribution in [0.2, 0.25) is 0 Å². The first kappa shape index (κ1) is 13.9. The molecular weight excluding hydrogens is 264 g/mol. The van der Waals surface area contributed by atoms with E-state index in [0.29, 0.717) is 17.8 Å². The van der Waals surface area contributed by atoms with E-state index in [2.05, 4.69) is 15.0 Å². The molecule has 7 heteroatoms. The van der Waals surface area contributed by atoms with Crippen molar-refractivity contribution >= 4 is 22.7 Å². The first-order valence-electron chi connectivity index (χ1n) is 6.06. The van der Waals surface area contributed by atoms with E-state index in [4.69, 9.17) is 9.15 Å². The number of nitrogens with zero attached hydrogens (tertiary/aromatic N) is 1. The second-order valence-corrected chi connectivity index (χ2v) is 3.96. The molecule has 2 aromatic rings. The second-order valence-electron chi connectivity index (χ2n) is 3.96. The predicted octanol–water partition coefficient (Wildman–Crippen LogP) is 2.16. The molecule has 0 spiro atoms. The third-order valence-electron chi connectivity index (χ3n) is 2.47. The number of nitrogens with one attached hydrogen (secondary N) is 1. The second kappa shape index (κ2) is 6.05. The average Bonchev–Trinajstić information content (AvgIpc) is 2.45. The highest BCUT2D eigenvalue weighted by Gasteiger charge is 2.09. The molecule has 2 rings (SSSR count). The summed E-state index contributed by atoms with van der Waals surface area (Å²) in [6.07, 6.45) is 0.105. The highest BCUT2D eigenvalue weighted by atomic mass is 16.6. The van der Waals surface area contributed by atoms with E-state index in [1.165, 1.54) is 13.2 Å². The summed E-state index contributed by atoms with van der Waals surface area (Å²) in [5, 5.41) is 2.71. The van der Waals surface area contributed by atoms with Crippen LogP contribution in [-0.2, 0) is 4.74 Å². The molecule has 1 aromatic heterocycles. The van der Waals surface area contributed by atoms with Crippen LogP contribution in [0.4, 0.5) is 10.5 Å². The standard InChI is InChI=1S/C13H14N2O5/c1-3-6-19-13-15-10-5-4-8(14-12(17)18-2)7-9(10)11(16)20-13/h4-5,7H,3,6H2,1-2H3,(H,14,17). The van der Waals surface area contributed by atoms with Crippen molar-refractivity contribution in [3.8, 4) is 6.08 Å². The molecule has 0 aliphatic rings. The minimum Gasteiger partial charge on any atom is -0.453 e. The Hall–Kier alpha value is -2.57. The first-order valence-corrected chi connectivity index (χ1v) is 6.06. The fourth-order valence-electron chi connectivity index (χ4n) is 1.55. The number of amides is 1. The van der Waals surface area contributed by atoms with Crippen LogP contribution in [-0.4, -0.2) is 24.8 Å². The quantitative estimate of drug-likeness (QED) is 0.921. The van der Waals surface area contributed by atoms with E-state index >= 15 is 0 Å². The summed E-state index contributed by atoms with van der Waals surface area (Å²) in [6, 6.07) is 4.67. The van der Waals surface area contributed by atoms with Gasteiger partial charge >= 0.3 is 17.8 Å². The Labute approximate surface area is 114 Å². The Kier molecular flexibility index (Phi) is 4.19. The number of hydrogen-bond acceptors (Lipinski definition) is 6. The van der Waals surface area contributed by atoms with E-state index in [1.807, 2.05) is 6.92 Å². The number of methoxy groups -OCH3 is 1. The molecule has 0 saturated carbocycles. The molecule has 0 radical (unpaired) electrons. The maximum absolute atomic E-state index is 11.8. The number of aromatic nitrogens is 1. The molecule has 106 valence electrons. The Bertz CT molecular complexity index is 680. The van der Waals surface area contributed by atoms with E-state index < -0.39 is 11.7 Å². The zero-order valence-electron chi connectivity index (χ0n) is 11.1. The zero-order chi connectivity index (χ0) is 14.5. The van der Waals surface area contributed by atoms with Crippen LogP contribution in [0.25, 0.3) is 10.9 Å². The van der Waals surface area contributed by atoms with Gasteiger partial charge in [-0.2, -0.15) is 4.98 Å². The molecule has 0 fully saturated rings. The topological polar surface area (TPSA) is 90.7 Å². The van der Waals surface area contributed by atoms with E-state index in [0.717, 1.165) is 6.42 Å². The summed E-state index contributed by atoms with van der Waals surface area (Å²) >= 11 is 0. The van der Waals surface area contributed by atoms with Crippen molar-refractivity contribution in [2.75, 3.05) is 19.0 Å². The smallest absolute Gasteiger partial charge is 0.411 e. The number of fused-ring (bicyclic) bond motifs is 1. The molecule has 0 atom stereocenters. The van der Waals surface area contributed by atoms with Crippen LogP contribution in [0.5, 0.6) is 6.08 Å². The van der Waals surface area contributed by atoms with E-state index in [9.17, 15) is 9.59 Å². The van der Waals surface area contributed by atoms with Crippen molar-refractivity contribution in [2.45, 2.75) is 13.3 Å². The van der Waals surface area contributed by atoms with Gasteiger partial charge in [0.2, 0.25) is 0 Å². The average molecular weight is 278 g/mol. The molecule has 1 amide bonds. The van der Waals surface area contributed by atoms with Gasteiger partial charge in [-0.05, 0) is 24.6 Å². The maximum atomic E-state index is 11.8. The van der Waals surface area contributed by atoms with Crippen molar-refractivity contribution in [2.24, 2.45) is 0 Å². The van der Waals surface area contributed by atoms with Gasteiger partial charge in [-0.3, -0.25) is 5.32 Å². The molecule has 7 nitrogen and oxygen atoms in total. The lowest BCUT2D eigenvalue weighted by molar-refractivity contribution is 0.187. The minimum absolute atomic E-state index is 0.0574. The third kappa shape index (κ3) is 3.05. The normalized spacial score (nSPS) is 10.3. The van der Waals surface area contributed by atoms with Crippen molar-refractivity contribution in [3.05, 3.63) is 28.6 Å². The van der Waals surface area contributed by atoms with Crippen molar-refractivity contribution in [1.82, 2.24) is 4.98 Å². The van der Waals surface area contributed by atoms with Gasteiger partial charge in [0.05, 0.1) is 24.6 Å². The number of carbonyl (C=O) groups is 1. The lowest BCUT2D eigenvalue weighted by Gasteiger charge is -2.05. The van der Waals surface area contributed by atoms with E-state index in [1.54, 1.807) is 12.1 Å². The molecule has 0 bridgehead atoms. The molecule has 1 aromatic carbocycles. The number of rotatable bonds is 4. The Morgan fingerprint density at radius 1 is 1.45 bits per heavy atom. The van der Waals surface area contributed by atoms with Crippen LogP contribution < -0.4 is 15.7 Å². The van der Waals surface area contributed by atoms with Crippen LogP contribution in [0.15, 0.2) is 27.4 Å². The number of carbonyl (C=O) groups excluding carboxylic acids is 1. The van der Waals surface area contributed by atoms with Gasteiger partial charge in [0.25, 0.3) is 0 Å². The van der Waals surface area contributed by atoms with Crippen LogP contribution >= 0.6 is 0 Å². The van der Waals surface area contributed by atoms with Gasteiger partial charge in [-0.15, -0.1) is 0 Å². The molecule has 0 aliphatic carbocycles. The van der Waals surface area contributed by atoms with Gasteiger partial charge in [0.1, 0.15) is 0 Å². The summed E-state index contributed by atoms with van der Waals surface area (Å²) in [6.45, 7) is 2.35. The lowest BCUT2D eigenvalue weighted by Crippen LogP contribution is -2.12. The number of benzene rings is 1. The largest absolute Gasteiger partial charge is 0.453 e. The van der Waals surface area contributed by atoms with Crippen LogP contribution in [0.3, 0.4) is 0 Å². The van der Waals surface area contributed by atoms with Crippen molar-refractivity contribution in [3.63, 3.8) is 0 Å². The molecule has 1 heterocycles. The van der Waals surface area contributed by atoms with Crippen molar-refractivity contribution < 1.29 is 18.7 Å². The number of anilines is 1. The number of ether oxygens (including phenoxy) is 2. The molecule has 1 N–H and O–H groups in total. The van der Waals surface area contributed by atoms with Crippen LogP contribution in [0, 0.1) is 0 Å². The Balaban J connectivity index is 2.36. The summed E-state index contributed by atoms with van der Waals surface area (Å²) in [5.41, 5.74) is 0.276. The first-order chi connectivity index (χ1) is 9.63. The lowest BCUT2D eigenvalue weighted by atomic mass is 10.2. The minimum atomic E-state index is -0.621. The highest BCUT2D eigenvalue weighted by Crippen LogP contribution is 2.17. The van der Waals surface area contributed by atoms with Gasteiger partial charge in [0.15, 0.2) is 0 Å². The number of hydrogen-bond donors (Lipinski definition) is 1. The fraction of sp³-hybridized carbons (Fsp3) is 0.308. The van der Waals surface area contributed by atoms with Crippen molar-refractivity contribution in [1.29, 1.82) is 0 Å². The van der Waals surface area contributed by atoms with Gasteiger partial charge in [-0.25, -0.2) is 9.59 Å². The Morgan fingerprint density at radius 3 is 2.95 bits per heavy atom. The molecule has 0 aliphatic heterocycles. The van der Waals surface area contributed by atoms with E-state index in [-0.39, 0.29) is 11.5 Å². The monoisotopic (exact) mass is 278 g/mol. The molecule has 0 unspecified atom stereocenters. The molecule has 0 saturated heterocycles. The summed E-state index contributed by atoms with van der Waals surface area (Å²) in [5.74, 6) is 0. The Morgan fingerprint density at radius 2 is 2.25 bits per heavy atom. The maximum Gasteiger partial charge on any atom is 0.411 e. The highest BCUT2D eigenvalue weighted by molar-refractivity contribution is 5.89. The predicted molar refractivity (Wildman–Crippen MR) is 72.1 cm³/mol. The third-order valence-corrected chi connectivity index (χ3v) is 2.47. The zero-order valence-corrected chi connectivity index (χ0v) is 11.1. The summed E-state index contributed by atoms with van der Waals surface area (Å²) < 4.78 is 14.6. The molecule has 20 heavy (non-hydrogen) atoms. The van der Waals surface area contributed by atoms with Crippen LogP contribution in [0.1, 0.15) is 13.3 Å². The van der Waals surface area contributed by atoms with Gasteiger partial charge < -0.3 is 13.9 Å². The summed E-state index contributed by atoms with van der Waals surface area (Å²) in [7, 11) is 1.25. The van der Waals surface area contributed by atoms with Gasteiger partial charge in [0, 0.05) is 5.69 Å². The SMILES string of the molecule is CCCOc1nc2ccc(NC(=O)OC)cc2c(=O)o1. The van der Waals surface area contributed by atoms with Gasteiger partial charge in [-0.1, -0.05) is 6.92 Å². The fourth-order valence-corrected chi connectivity index (χ4v) is 1.55.